The van der Waals surface area contributed by atoms with Crippen molar-refractivity contribution in [1.82, 2.24) is 0 Å². The Hall–Kier alpha value is -5.10. The minimum atomic E-state index is -0.802. The molecule has 43 heavy (non-hydrogen) atoms. The molecule has 0 aromatic heterocycles. The third-order valence-electron chi connectivity index (χ3n) is 7.38. The molecule has 0 heterocycles. The summed E-state index contributed by atoms with van der Waals surface area (Å²) >= 11 is 0. The highest BCUT2D eigenvalue weighted by molar-refractivity contribution is 5.88. The van der Waals surface area contributed by atoms with Crippen LogP contribution in [0.15, 0.2) is 121 Å². The van der Waals surface area contributed by atoms with Crippen LogP contribution in [-0.4, -0.2) is 38.4 Å². The lowest BCUT2D eigenvalue weighted by molar-refractivity contribution is -0.140. The molecule has 1 aliphatic carbocycles. The fourth-order valence-corrected chi connectivity index (χ4v) is 5.58. The van der Waals surface area contributed by atoms with Crippen LogP contribution in [0, 0.1) is 0 Å². The van der Waals surface area contributed by atoms with Gasteiger partial charge in [-0.3, -0.25) is 0 Å². The van der Waals surface area contributed by atoms with Gasteiger partial charge in [-0.2, -0.15) is 0 Å². The summed E-state index contributed by atoms with van der Waals surface area (Å²) in [6.45, 7) is 11.0. The summed E-state index contributed by atoms with van der Waals surface area (Å²) in [5, 5.41) is 0. The molecule has 0 amide bonds. The van der Waals surface area contributed by atoms with E-state index in [-0.39, 0.29) is 26.4 Å². The first-order valence-electron chi connectivity index (χ1n) is 14.1. The molecule has 6 nitrogen and oxygen atoms in total. The molecule has 0 atom stereocenters. The summed E-state index contributed by atoms with van der Waals surface area (Å²) in [6.07, 6.45) is 0. The maximum absolute atomic E-state index is 11.9. The number of fused-ring (bicyclic) bond motifs is 3. The number of hydrogen-bond donors (Lipinski definition) is 0. The second-order valence-electron chi connectivity index (χ2n) is 10.4. The summed E-state index contributed by atoms with van der Waals surface area (Å²) in [7, 11) is 0. The number of hydrogen-bond acceptors (Lipinski definition) is 6. The Morgan fingerprint density at radius 3 is 1.28 bits per heavy atom. The van der Waals surface area contributed by atoms with Crippen LogP contribution in [0.4, 0.5) is 0 Å². The third kappa shape index (κ3) is 5.69. The van der Waals surface area contributed by atoms with Gasteiger partial charge in [0.1, 0.15) is 37.9 Å². The van der Waals surface area contributed by atoms with Crippen molar-refractivity contribution < 1.29 is 28.5 Å². The van der Waals surface area contributed by atoms with Crippen LogP contribution in [0.1, 0.15) is 36.1 Å². The van der Waals surface area contributed by atoms with Crippen LogP contribution in [0.2, 0.25) is 0 Å². The van der Waals surface area contributed by atoms with Crippen molar-refractivity contribution in [1.29, 1.82) is 0 Å². The van der Waals surface area contributed by atoms with E-state index in [1.165, 1.54) is 0 Å². The van der Waals surface area contributed by atoms with E-state index in [4.69, 9.17) is 18.9 Å². The molecule has 0 unspecified atom stereocenters. The number of carbonyl (C=O) groups is 2. The molecule has 4 aromatic carbocycles. The molecule has 0 spiro atoms. The van der Waals surface area contributed by atoms with E-state index in [0.29, 0.717) is 22.6 Å². The average molecular weight is 575 g/mol. The highest BCUT2D eigenvalue weighted by atomic mass is 16.6. The number of esters is 2. The Labute approximate surface area is 252 Å². The molecule has 6 heteroatoms. The van der Waals surface area contributed by atoms with Crippen molar-refractivity contribution >= 4 is 11.9 Å². The third-order valence-corrected chi connectivity index (χ3v) is 7.38. The summed E-state index contributed by atoms with van der Waals surface area (Å²) in [5.74, 6) is 0.412. The van der Waals surface area contributed by atoms with Crippen molar-refractivity contribution in [2.24, 2.45) is 0 Å². The van der Waals surface area contributed by atoms with E-state index < -0.39 is 17.4 Å². The number of carbonyl (C=O) groups excluding carboxylic acids is 2. The van der Waals surface area contributed by atoms with Gasteiger partial charge in [-0.15, -0.1) is 0 Å². The Bertz CT molecular complexity index is 1560. The second kappa shape index (κ2) is 12.8. The minimum Gasteiger partial charge on any atom is -0.490 e. The van der Waals surface area contributed by atoms with E-state index >= 15 is 0 Å². The molecule has 0 saturated heterocycles. The number of para-hydroxylation sites is 2. The highest BCUT2D eigenvalue weighted by Crippen LogP contribution is 2.59. The fourth-order valence-electron chi connectivity index (χ4n) is 5.58. The largest absolute Gasteiger partial charge is 0.490 e. The SMILES string of the molecule is C=C(C)C(=O)OCCOc1ccccc1C1(c2ccccc2OCCOC(=O)C(=C)C)c2ccccc2-c2ccccc21. The Kier molecular flexibility index (Phi) is 8.77. The van der Waals surface area contributed by atoms with Gasteiger partial charge >= 0.3 is 11.9 Å². The molecule has 0 bridgehead atoms. The molecule has 0 saturated carbocycles. The number of benzene rings is 4. The monoisotopic (exact) mass is 574 g/mol. The summed E-state index contributed by atoms with van der Waals surface area (Å²) in [4.78, 5) is 23.9. The second-order valence-corrected chi connectivity index (χ2v) is 10.4. The first kappa shape index (κ1) is 29.4. The van der Waals surface area contributed by atoms with Gasteiger partial charge in [-0.05, 0) is 48.2 Å². The summed E-state index contributed by atoms with van der Waals surface area (Å²) < 4.78 is 23.2. The predicted octanol–water partition coefficient (Wildman–Crippen LogP) is 7.05. The van der Waals surface area contributed by atoms with Gasteiger partial charge in [0.15, 0.2) is 0 Å². The van der Waals surface area contributed by atoms with Crippen LogP contribution in [0.3, 0.4) is 0 Å². The van der Waals surface area contributed by atoms with Gasteiger partial charge in [-0.1, -0.05) is 98.1 Å². The molecular weight excluding hydrogens is 540 g/mol. The quantitative estimate of drug-likeness (QED) is 0.0904. The molecule has 5 rings (SSSR count). The van der Waals surface area contributed by atoms with Crippen molar-refractivity contribution in [2.45, 2.75) is 19.3 Å². The first-order chi connectivity index (χ1) is 20.9. The van der Waals surface area contributed by atoms with E-state index in [0.717, 1.165) is 33.4 Å². The molecule has 0 fully saturated rings. The van der Waals surface area contributed by atoms with Crippen molar-refractivity contribution in [3.05, 3.63) is 144 Å². The van der Waals surface area contributed by atoms with Crippen LogP contribution in [0.5, 0.6) is 11.5 Å². The van der Waals surface area contributed by atoms with E-state index in [1.807, 2.05) is 60.7 Å². The van der Waals surface area contributed by atoms with Crippen LogP contribution in [-0.2, 0) is 24.5 Å². The highest BCUT2D eigenvalue weighted by Gasteiger charge is 2.49. The number of rotatable bonds is 12. The lowest BCUT2D eigenvalue weighted by atomic mass is 9.67. The maximum atomic E-state index is 11.9. The zero-order chi connectivity index (χ0) is 30.4. The predicted molar refractivity (Wildman–Crippen MR) is 166 cm³/mol. The zero-order valence-corrected chi connectivity index (χ0v) is 24.4. The Morgan fingerprint density at radius 2 is 0.884 bits per heavy atom. The molecule has 0 N–H and O–H groups in total. The molecule has 4 aromatic rings. The maximum Gasteiger partial charge on any atom is 0.333 e. The lowest BCUT2D eigenvalue weighted by Gasteiger charge is -2.36. The molecule has 1 aliphatic rings. The van der Waals surface area contributed by atoms with Gasteiger partial charge in [0.2, 0.25) is 0 Å². The molecule has 218 valence electrons. The smallest absolute Gasteiger partial charge is 0.333 e. The van der Waals surface area contributed by atoms with E-state index in [2.05, 4.69) is 49.6 Å². The molecule has 0 aliphatic heterocycles. The van der Waals surface area contributed by atoms with Crippen LogP contribution >= 0.6 is 0 Å². The fraction of sp³-hybridized carbons (Fsp3) is 0.189. The standard InChI is InChI=1S/C37H34O6/c1-25(2)35(38)42-23-21-40-33-19-11-9-17-31(33)37(29-15-7-5-13-27(29)28-14-6-8-16-30(28)37)32-18-10-12-20-34(32)41-22-24-43-36(39)26(3)4/h5-20H,1,3,21-24H2,2,4H3. The summed E-state index contributed by atoms with van der Waals surface area (Å²) in [6, 6.07) is 32.6. The van der Waals surface area contributed by atoms with Crippen molar-refractivity contribution in [2.75, 3.05) is 26.4 Å². The topological polar surface area (TPSA) is 71.1 Å². The van der Waals surface area contributed by atoms with Gasteiger partial charge in [0, 0.05) is 22.3 Å². The Balaban J connectivity index is 1.62. The van der Waals surface area contributed by atoms with Crippen LogP contribution < -0.4 is 9.47 Å². The van der Waals surface area contributed by atoms with Gasteiger partial charge in [0.05, 0.1) is 5.41 Å². The number of ether oxygens (including phenoxy) is 4. The van der Waals surface area contributed by atoms with Gasteiger partial charge in [-0.25, -0.2) is 9.59 Å². The molecule has 0 radical (unpaired) electrons. The normalized spacial score (nSPS) is 12.4. The van der Waals surface area contributed by atoms with Crippen molar-refractivity contribution in [3.8, 4) is 22.6 Å². The zero-order valence-electron chi connectivity index (χ0n) is 24.4. The van der Waals surface area contributed by atoms with Gasteiger partial charge in [0.25, 0.3) is 0 Å². The van der Waals surface area contributed by atoms with Gasteiger partial charge < -0.3 is 18.9 Å². The first-order valence-corrected chi connectivity index (χ1v) is 14.1. The Morgan fingerprint density at radius 1 is 0.535 bits per heavy atom. The van der Waals surface area contributed by atoms with Crippen molar-refractivity contribution in [3.63, 3.8) is 0 Å². The average Bonchev–Trinajstić information content (AvgIpc) is 3.32. The van der Waals surface area contributed by atoms with E-state index in [1.54, 1.807) is 13.8 Å². The summed E-state index contributed by atoms with van der Waals surface area (Å²) in [5.41, 5.74) is 6.13. The molecular formula is C37H34O6. The van der Waals surface area contributed by atoms with Crippen LogP contribution in [0.25, 0.3) is 11.1 Å². The van der Waals surface area contributed by atoms with E-state index in [9.17, 15) is 9.59 Å². The minimum absolute atomic E-state index is 0.0861. The lowest BCUT2D eigenvalue weighted by Crippen LogP contribution is -2.30.